The van der Waals surface area contributed by atoms with Gasteiger partial charge in [-0.15, -0.1) is 11.3 Å². The van der Waals surface area contributed by atoms with Crippen LogP contribution < -0.4 is 5.32 Å². The number of fused-ring (bicyclic) bond motifs is 1. The molecule has 0 aliphatic rings. The molecule has 1 heterocycles. The molecule has 21 heavy (non-hydrogen) atoms. The smallest absolute Gasteiger partial charge is 0.265 e. The number of aryl methyl sites for hydroxylation is 1. The number of nitrogens with one attached hydrogen (secondary N) is 1. The maximum absolute atomic E-state index is 13.4. The number of hydrogen-bond donors (Lipinski definition) is 1. The predicted octanol–water partition coefficient (Wildman–Crippen LogP) is 5.36. The molecule has 0 saturated heterocycles. The van der Waals surface area contributed by atoms with Gasteiger partial charge in [-0.05, 0) is 58.1 Å². The van der Waals surface area contributed by atoms with E-state index in [9.17, 15) is 9.18 Å². The summed E-state index contributed by atoms with van der Waals surface area (Å²) in [5.74, 6) is -0.523. The highest BCUT2D eigenvalue weighted by atomic mass is 79.9. The fraction of sp³-hybridized carbons (Fsp3) is 0.0625. The van der Waals surface area contributed by atoms with Crippen molar-refractivity contribution in [3.8, 4) is 0 Å². The Kier molecular flexibility index (Phi) is 3.78. The summed E-state index contributed by atoms with van der Waals surface area (Å²) < 4.78 is 14.8. The van der Waals surface area contributed by atoms with Gasteiger partial charge in [-0.2, -0.15) is 0 Å². The van der Waals surface area contributed by atoms with E-state index in [-0.39, 0.29) is 11.7 Å². The highest BCUT2D eigenvalue weighted by Gasteiger charge is 2.13. The molecule has 2 aromatic carbocycles. The minimum absolute atomic E-state index is 0.183. The number of carbonyl (C=O) groups is 1. The van der Waals surface area contributed by atoms with Crippen LogP contribution in [-0.2, 0) is 0 Å². The average Bonchev–Trinajstić information content (AvgIpc) is 2.88. The first-order valence-corrected chi connectivity index (χ1v) is 7.91. The Morgan fingerprint density at radius 2 is 2.00 bits per heavy atom. The zero-order chi connectivity index (χ0) is 15.0. The van der Waals surface area contributed by atoms with Gasteiger partial charge in [0, 0.05) is 10.4 Å². The zero-order valence-corrected chi connectivity index (χ0v) is 13.5. The molecule has 5 heteroatoms. The van der Waals surface area contributed by atoms with Crippen LogP contribution in [0.3, 0.4) is 0 Å². The lowest BCUT2D eigenvalue weighted by atomic mass is 10.2. The van der Waals surface area contributed by atoms with Crippen molar-refractivity contribution in [3.63, 3.8) is 0 Å². The third-order valence-electron chi connectivity index (χ3n) is 3.16. The number of amides is 1. The summed E-state index contributed by atoms with van der Waals surface area (Å²) in [6.45, 7) is 1.76. The monoisotopic (exact) mass is 363 g/mol. The molecule has 1 N–H and O–H groups in total. The van der Waals surface area contributed by atoms with Crippen LogP contribution in [0.2, 0.25) is 0 Å². The van der Waals surface area contributed by atoms with Gasteiger partial charge in [0.05, 0.1) is 9.35 Å². The molecule has 1 amide bonds. The van der Waals surface area contributed by atoms with Crippen LogP contribution in [0.4, 0.5) is 10.1 Å². The van der Waals surface area contributed by atoms with Crippen molar-refractivity contribution in [2.75, 3.05) is 5.32 Å². The normalized spacial score (nSPS) is 10.8. The van der Waals surface area contributed by atoms with Crippen molar-refractivity contribution in [1.29, 1.82) is 0 Å². The first-order chi connectivity index (χ1) is 10.0. The largest absolute Gasteiger partial charge is 0.321 e. The molecule has 0 aliphatic carbocycles. The first-order valence-electron chi connectivity index (χ1n) is 6.30. The van der Waals surface area contributed by atoms with Gasteiger partial charge in [0.1, 0.15) is 5.82 Å². The van der Waals surface area contributed by atoms with Crippen LogP contribution in [0.5, 0.6) is 0 Å². The topological polar surface area (TPSA) is 29.1 Å². The SMILES string of the molecule is Cc1cc(F)c(Br)cc1NC(=O)c1cc2ccccc2s1. The second kappa shape index (κ2) is 5.58. The third-order valence-corrected chi connectivity index (χ3v) is 4.89. The quantitative estimate of drug-likeness (QED) is 0.651. The van der Waals surface area contributed by atoms with Crippen molar-refractivity contribution in [2.24, 2.45) is 0 Å². The van der Waals surface area contributed by atoms with Gasteiger partial charge in [0.25, 0.3) is 5.91 Å². The number of hydrogen-bond acceptors (Lipinski definition) is 2. The molecular formula is C16H11BrFNOS. The number of carbonyl (C=O) groups excluding carboxylic acids is 1. The van der Waals surface area contributed by atoms with Gasteiger partial charge >= 0.3 is 0 Å². The maximum Gasteiger partial charge on any atom is 0.265 e. The van der Waals surface area contributed by atoms with Crippen LogP contribution in [0, 0.1) is 12.7 Å². The Hall–Kier alpha value is -1.72. The van der Waals surface area contributed by atoms with E-state index in [1.807, 2.05) is 30.3 Å². The summed E-state index contributed by atoms with van der Waals surface area (Å²) in [4.78, 5) is 13.0. The lowest BCUT2D eigenvalue weighted by Gasteiger charge is -2.08. The molecule has 0 saturated carbocycles. The Labute approximate surface area is 133 Å². The van der Waals surface area contributed by atoms with Crippen molar-refractivity contribution in [2.45, 2.75) is 6.92 Å². The number of thiophene rings is 1. The highest BCUT2D eigenvalue weighted by Crippen LogP contribution is 2.28. The Bertz CT molecular complexity index is 810. The van der Waals surface area contributed by atoms with Gasteiger partial charge in [-0.1, -0.05) is 18.2 Å². The van der Waals surface area contributed by atoms with Gasteiger partial charge in [0.2, 0.25) is 0 Å². The predicted molar refractivity (Wildman–Crippen MR) is 88.6 cm³/mol. The lowest BCUT2D eigenvalue weighted by Crippen LogP contribution is -2.11. The maximum atomic E-state index is 13.4. The van der Waals surface area contributed by atoms with E-state index in [1.165, 1.54) is 17.4 Å². The fourth-order valence-corrected chi connectivity index (χ4v) is 3.36. The Morgan fingerprint density at radius 3 is 2.76 bits per heavy atom. The summed E-state index contributed by atoms with van der Waals surface area (Å²) in [6.07, 6.45) is 0. The molecule has 2 nitrogen and oxygen atoms in total. The second-order valence-corrected chi connectivity index (χ2v) is 6.62. The summed E-state index contributed by atoms with van der Waals surface area (Å²) in [7, 11) is 0. The molecule has 106 valence electrons. The van der Waals surface area contributed by atoms with Crippen molar-refractivity contribution in [1.82, 2.24) is 0 Å². The minimum atomic E-state index is -0.340. The van der Waals surface area contributed by atoms with E-state index in [4.69, 9.17) is 0 Å². The second-order valence-electron chi connectivity index (χ2n) is 4.68. The molecule has 0 aliphatic heterocycles. The third kappa shape index (κ3) is 2.84. The molecule has 0 atom stereocenters. The summed E-state index contributed by atoms with van der Waals surface area (Å²) >= 11 is 4.57. The number of benzene rings is 2. The molecular weight excluding hydrogens is 353 g/mol. The molecule has 0 spiro atoms. The molecule has 1 aromatic heterocycles. The van der Waals surface area contributed by atoms with Crippen molar-refractivity contribution >= 4 is 48.9 Å². The van der Waals surface area contributed by atoms with E-state index >= 15 is 0 Å². The van der Waals surface area contributed by atoms with Crippen LogP contribution in [0.15, 0.2) is 46.9 Å². The van der Waals surface area contributed by atoms with E-state index in [0.717, 1.165) is 10.1 Å². The standard InChI is InChI=1S/C16H11BrFNOS/c1-9-6-12(18)11(17)8-13(9)19-16(20)15-7-10-4-2-3-5-14(10)21-15/h2-8H,1H3,(H,19,20). The van der Waals surface area contributed by atoms with Gasteiger partial charge < -0.3 is 5.32 Å². The van der Waals surface area contributed by atoms with Crippen molar-refractivity contribution in [3.05, 3.63) is 63.2 Å². The summed E-state index contributed by atoms with van der Waals surface area (Å²) in [6, 6.07) is 12.7. The molecule has 3 rings (SSSR count). The first kappa shape index (κ1) is 14.2. The number of halogens is 2. The average molecular weight is 364 g/mol. The van der Waals surface area contributed by atoms with Gasteiger partial charge in [-0.25, -0.2) is 4.39 Å². The fourth-order valence-electron chi connectivity index (χ4n) is 2.06. The number of anilines is 1. The molecule has 0 bridgehead atoms. The Morgan fingerprint density at radius 1 is 1.24 bits per heavy atom. The van der Waals surface area contributed by atoms with Crippen LogP contribution in [-0.4, -0.2) is 5.91 Å². The highest BCUT2D eigenvalue weighted by molar-refractivity contribution is 9.10. The zero-order valence-electron chi connectivity index (χ0n) is 11.1. The molecule has 0 unspecified atom stereocenters. The van der Waals surface area contributed by atoms with E-state index < -0.39 is 0 Å². The van der Waals surface area contributed by atoms with Crippen LogP contribution in [0.25, 0.3) is 10.1 Å². The number of rotatable bonds is 2. The van der Waals surface area contributed by atoms with Gasteiger partial charge in [-0.3, -0.25) is 4.79 Å². The van der Waals surface area contributed by atoms with Gasteiger partial charge in [0.15, 0.2) is 0 Å². The lowest BCUT2D eigenvalue weighted by molar-refractivity contribution is 0.103. The van der Waals surface area contributed by atoms with E-state index in [1.54, 1.807) is 13.0 Å². The van der Waals surface area contributed by atoms with E-state index in [0.29, 0.717) is 20.6 Å². The molecule has 3 aromatic rings. The summed E-state index contributed by atoms with van der Waals surface area (Å²) in [5, 5.41) is 3.88. The van der Waals surface area contributed by atoms with Crippen molar-refractivity contribution < 1.29 is 9.18 Å². The Balaban J connectivity index is 1.91. The van der Waals surface area contributed by atoms with E-state index in [2.05, 4.69) is 21.2 Å². The summed E-state index contributed by atoms with van der Waals surface area (Å²) in [5.41, 5.74) is 1.29. The van der Waals surface area contributed by atoms with Crippen LogP contribution >= 0.6 is 27.3 Å². The van der Waals surface area contributed by atoms with Crippen LogP contribution in [0.1, 0.15) is 15.2 Å². The minimum Gasteiger partial charge on any atom is -0.321 e. The molecule has 0 radical (unpaired) electrons. The molecule has 0 fully saturated rings.